The van der Waals surface area contributed by atoms with E-state index >= 15 is 0 Å². The number of nitrogens with one attached hydrogen (secondary N) is 1. The third kappa shape index (κ3) is 2.36. The Morgan fingerprint density at radius 3 is 2.14 bits per heavy atom. The van der Waals surface area contributed by atoms with Crippen LogP contribution in [-0.4, -0.2) is 35.3 Å². The molecule has 120 valence electrons. The second-order valence-electron chi connectivity index (χ2n) is 8.03. The van der Waals surface area contributed by atoms with Crippen molar-refractivity contribution in [1.82, 2.24) is 10.2 Å². The summed E-state index contributed by atoms with van der Waals surface area (Å²) in [6.45, 7) is 15.6. The fourth-order valence-corrected chi connectivity index (χ4v) is 3.70. The quantitative estimate of drug-likeness (QED) is 0.865. The van der Waals surface area contributed by atoms with Gasteiger partial charge in [-0.1, -0.05) is 48.0 Å². The number of nitrogens with zero attached hydrogens (tertiary/aromatic N) is 1. The van der Waals surface area contributed by atoms with E-state index in [9.17, 15) is 9.59 Å². The van der Waals surface area contributed by atoms with Crippen molar-refractivity contribution in [3.05, 3.63) is 0 Å². The summed E-state index contributed by atoms with van der Waals surface area (Å²) in [5, 5.41) is 2.90. The fourth-order valence-electron chi connectivity index (χ4n) is 3.70. The topological polar surface area (TPSA) is 49.4 Å². The van der Waals surface area contributed by atoms with Crippen molar-refractivity contribution < 1.29 is 9.59 Å². The molecular weight excluding hydrogens is 264 g/mol. The highest BCUT2D eigenvalue weighted by atomic mass is 16.2. The lowest BCUT2D eigenvalue weighted by atomic mass is 9.94. The summed E-state index contributed by atoms with van der Waals surface area (Å²) < 4.78 is 0. The Balaban J connectivity index is 2.17. The van der Waals surface area contributed by atoms with Crippen LogP contribution < -0.4 is 5.32 Å². The van der Waals surface area contributed by atoms with Crippen LogP contribution in [0.15, 0.2) is 0 Å². The van der Waals surface area contributed by atoms with Crippen LogP contribution in [0.5, 0.6) is 0 Å². The number of carbonyl (C=O) groups is 2. The van der Waals surface area contributed by atoms with E-state index < -0.39 is 0 Å². The minimum Gasteiger partial charge on any atom is -0.342 e. The Morgan fingerprint density at radius 1 is 1.19 bits per heavy atom. The maximum atomic E-state index is 12.8. The molecule has 4 nitrogen and oxygen atoms in total. The molecule has 1 heterocycles. The molecule has 1 saturated carbocycles. The number of piperazine rings is 1. The second kappa shape index (κ2) is 4.99. The van der Waals surface area contributed by atoms with Crippen LogP contribution in [0.4, 0.5) is 0 Å². The van der Waals surface area contributed by atoms with E-state index in [-0.39, 0.29) is 40.6 Å². The lowest BCUT2D eigenvalue weighted by Crippen LogP contribution is -2.64. The van der Waals surface area contributed by atoms with Crippen LogP contribution in [-0.2, 0) is 9.59 Å². The SMILES string of the molecule is CCC(C)C1NC(=O)C(C)N(CC2C(C)(C)C2(C)C)C1=O. The van der Waals surface area contributed by atoms with Gasteiger partial charge < -0.3 is 10.2 Å². The average molecular weight is 294 g/mol. The molecule has 2 fully saturated rings. The summed E-state index contributed by atoms with van der Waals surface area (Å²) in [6.07, 6.45) is 0.888. The highest BCUT2D eigenvalue weighted by Crippen LogP contribution is 2.68. The van der Waals surface area contributed by atoms with E-state index in [2.05, 4.69) is 39.9 Å². The number of hydrogen-bond acceptors (Lipinski definition) is 2. The zero-order chi connectivity index (χ0) is 16.2. The van der Waals surface area contributed by atoms with E-state index in [1.54, 1.807) is 0 Å². The molecule has 1 N–H and O–H groups in total. The molecule has 4 heteroatoms. The van der Waals surface area contributed by atoms with E-state index in [0.717, 1.165) is 6.42 Å². The van der Waals surface area contributed by atoms with Crippen molar-refractivity contribution in [2.45, 2.75) is 67.0 Å². The van der Waals surface area contributed by atoms with Gasteiger partial charge in [0.2, 0.25) is 11.8 Å². The predicted octanol–water partition coefficient (Wildman–Crippen LogP) is 2.43. The van der Waals surface area contributed by atoms with Crippen molar-refractivity contribution in [3.63, 3.8) is 0 Å². The van der Waals surface area contributed by atoms with Gasteiger partial charge in [-0.25, -0.2) is 0 Å². The Labute approximate surface area is 128 Å². The Hall–Kier alpha value is -1.06. The summed E-state index contributed by atoms with van der Waals surface area (Å²) in [5.74, 6) is 0.711. The maximum absolute atomic E-state index is 12.8. The van der Waals surface area contributed by atoms with Gasteiger partial charge in [-0.05, 0) is 29.6 Å². The molecule has 2 amide bonds. The standard InChI is InChI=1S/C17H30N2O2/c1-8-10(2)13-15(21)19(11(3)14(20)18-13)9-12-16(4,5)17(12,6)7/h10-13H,8-9H2,1-7H3,(H,18,20). The van der Waals surface area contributed by atoms with E-state index in [0.29, 0.717) is 12.5 Å². The second-order valence-corrected chi connectivity index (χ2v) is 8.03. The third-order valence-corrected chi connectivity index (χ3v) is 6.61. The molecule has 1 aliphatic carbocycles. The summed E-state index contributed by atoms with van der Waals surface area (Å²) in [4.78, 5) is 26.8. The van der Waals surface area contributed by atoms with E-state index in [4.69, 9.17) is 0 Å². The van der Waals surface area contributed by atoms with Gasteiger partial charge in [0.1, 0.15) is 12.1 Å². The van der Waals surface area contributed by atoms with Gasteiger partial charge in [-0.2, -0.15) is 0 Å². The fraction of sp³-hybridized carbons (Fsp3) is 0.882. The molecule has 1 aliphatic heterocycles. The largest absolute Gasteiger partial charge is 0.342 e. The minimum atomic E-state index is -0.358. The van der Waals surface area contributed by atoms with Gasteiger partial charge in [0.25, 0.3) is 0 Å². The highest BCUT2D eigenvalue weighted by molar-refractivity contribution is 5.96. The van der Waals surface area contributed by atoms with Crippen molar-refractivity contribution in [2.75, 3.05) is 6.54 Å². The Morgan fingerprint density at radius 2 is 1.71 bits per heavy atom. The molecule has 21 heavy (non-hydrogen) atoms. The molecule has 2 aliphatic rings. The van der Waals surface area contributed by atoms with Crippen LogP contribution >= 0.6 is 0 Å². The first-order chi connectivity index (χ1) is 9.55. The maximum Gasteiger partial charge on any atom is 0.246 e. The summed E-state index contributed by atoms with van der Waals surface area (Å²) in [7, 11) is 0. The molecule has 0 aromatic carbocycles. The van der Waals surface area contributed by atoms with Gasteiger partial charge in [0.15, 0.2) is 0 Å². The third-order valence-electron chi connectivity index (χ3n) is 6.61. The number of hydrogen-bond donors (Lipinski definition) is 1. The van der Waals surface area contributed by atoms with Gasteiger partial charge in [-0.15, -0.1) is 0 Å². The normalized spacial score (nSPS) is 32.8. The zero-order valence-electron chi connectivity index (χ0n) is 14.5. The molecule has 0 spiro atoms. The lowest BCUT2D eigenvalue weighted by Gasteiger charge is -2.39. The van der Waals surface area contributed by atoms with Crippen LogP contribution in [0.1, 0.15) is 54.9 Å². The number of amides is 2. The molecule has 2 rings (SSSR count). The highest BCUT2D eigenvalue weighted by Gasteiger charge is 2.65. The van der Waals surface area contributed by atoms with Crippen molar-refractivity contribution >= 4 is 11.8 Å². The number of rotatable bonds is 4. The van der Waals surface area contributed by atoms with Crippen LogP contribution in [0.2, 0.25) is 0 Å². The minimum absolute atomic E-state index is 0.0174. The zero-order valence-corrected chi connectivity index (χ0v) is 14.5. The van der Waals surface area contributed by atoms with E-state index in [1.165, 1.54) is 0 Å². The molecule has 1 saturated heterocycles. The monoisotopic (exact) mass is 294 g/mol. The summed E-state index contributed by atoms with van der Waals surface area (Å²) in [5.41, 5.74) is 0.458. The van der Waals surface area contributed by atoms with Crippen molar-refractivity contribution in [2.24, 2.45) is 22.7 Å². The van der Waals surface area contributed by atoms with Crippen molar-refractivity contribution in [1.29, 1.82) is 0 Å². The van der Waals surface area contributed by atoms with Gasteiger partial charge in [-0.3, -0.25) is 9.59 Å². The lowest BCUT2D eigenvalue weighted by molar-refractivity contribution is -0.150. The van der Waals surface area contributed by atoms with Crippen LogP contribution in [0.3, 0.4) is 0 Å². The predicted molar refractivity (Wildman–Crippen MR) is 83.6 cm³/mol. The molecule has 3 atom stereocenters. The smallest absolute Gasteiger partial charge is 0.246 e. The van der Waals surface area contributed by atoms with Crippen LogP contribution in [0.25, 0.3) is 0 Å². The first-order valence-corrected chi connectivity index (χ1v) is 8.16. The van der Waals surface area contributed by atoms with E-state index in [1.807, 2.05) is 18.7 Å². The Bertz CT molecular complexity index is 442. The van der Waals surface area contributed by atoms with Crippen LogP contribution in [0, 0.1) is 22.7 Å². The molecule has 0 aromatic heterocycles. The first-order valence-electron chi connectivity index (χ1n) is 8.16. The molecule has 3 unspecified atom stereocenters. The Kier molecular flexibility index (Phi) is 3.88. The first kappa shape index (κ1) is 16.3. The number of carbonyl (C=O) groups excluding carboxylic acids is 2. The van der Waals surface area contributed by atoms with Gasteiger partial charge >= 0.3 is 0 Å². The summed E-state index contributed by atoms with van der Waals surface area (Å²) >= 11 is 0. The molecular formula is C17H30N2O2. The van der Waals surface area contributed by atoms with Gasteiger partial charge in [0, 0.05) is 6.54 Å². The molecule has 0 aromatic rings. The molecule has 0 bridgehead atoms. The summed E-state index contributed by atoms with van der Waals surface area (Å²) in [6, 6.07) is -0.714. The van der Waals surface area contributed by atoms with Crippen molar-refractivity contribution in [3.8, 4) is 0 Å². The van der Waals surface area contributed by atoms with Gasteiger partial charge in [0.05, 0.1) is 0 Å². The molecule has 0 radical (unpaired) electrons. The average Bonchev–Trinajstić information content (AvgIpc) is 2.79.